The number of β-lactam (4-membered cyclic amide) rings is 1. The normalized spacial score (nSPS) is 19.8. The summed E-state index contributed by atoms with van der Waals surface area (Å²) in [5.74, 6) is -0.505. The summed E-state index contributed by atoms with van der Waals surface area (Å²) in [5.41, 5.74) is 2.76. The van der Waals surface area contributed by atoms with Gasteiger partial charge >= 0.3 is 0 Å². The molecule has 4 rings (SSSR count). The Bertz CT molecular complexity index is 988. The van der Waals surface area contributed by atoms with Crippen molar-refractivity contribution in [2.45, 2.75) is 30.9 Å². The average molecular weight is 460 g/mol. The monoisotopic (exact) mass is 459 g/mol. The van der Waals surface area contributed by atoms with Gasteiger partial charge in [-0.15, -0.1) is 11.3 Å². The molecule has 0 bridgehead atoms. The van der Waals surface area contributed by atoms with Crippen molar-refractivity contribution in [3.05, 3.63) is 91.8 Å². The van der Waals surface area contributed by atoms with Gasteiger partial charge in [0.15, 0.2) is 0 Å². The van der Waals surface area contributed by atoms with E-state index in [4.69, 9.17) is 0 Å². The fourth-order valence-corrected chi connectivity index (χ4v) is 5.15. The van der Waals surface area contributed by atoms with Gasteiger partial charge in [-0.05, 0) is 69.7 Å². The third kappa shape index (κ3) is 3.90. The summed E-state index contributed by atoms with van der Waals surface area (Å²) < 4.78 is 14.1. The number of carbonyl (C=O) groups is 1. The molecule has 1 saturated heterocycles. The van der Waals surface area contributed by atoms with Crippen LogP contribution >= 0.6 is 27.3 Å². The lowest BCUT2D eigenvalue weighted by Gasteiger charge is -2.37. The standard InChI is InChI=1S/C22H19BrFNO2S/c23-19-12-11-18(28-19)21-20(22(27)25-21)16-4-2-1-3-13(16)7-10-17(26)14-5-8-15(24)9-6-14/h1-6,8-9,11-12,17,20-21,26H,7,10H2,(H,25,27)/t17-,20+,21+/m0/s1. The topological polar surface area (TPSA) is 49.3 Å². The highest BCUT2D eigenvalue weighted by Gasteiger charge is 2.42. The van der Waals surface area contributed by atoms with E-state index in [1.54, 1.807) is 23.5 Å². The fraction of sp³-hybridized carbons (Fsp3) is 0.227. The Hall–Kier alpha value is -2.02. The van der Waals surface area contributed by atoms with Crippen molar-refractivity contribution in [2.75, 3.05) is 0 Å². The number of aliphatic hydroxyl groups excluding tert-OH is 1. The number of rotatable bonds is 6. The van der Waals surface area contributed by atoms with Crippen LogP contribution in [0.2, 0.25) is 0 Å². The molecule has 0 radical (unpaired) electrons. The Morgan fingerprint density at radius 3 is 2.54 bits per heavy atom. The minimum atomic E-state index is -0.673. The van der Waals surface area contributed by atoms with Gasteiger partial charge in [0.25, 0.3) is 0 Å². The lowest BCUT2D eigenvalue weighted by Crippen LogP contribution is -2.49. The van der Waals surface area contributed by atoms with E-state index in [0.29, 0.717) is 18.4 Å². The van der Waals surface area contributed by atoms with Gasteiger partial charge in [-0.1, -0.05) is 36.4 Å². The highest BCUT2D eigenvalue weighted by Crippen LogP contribution is 2.43. The first-order valence-electron chi connectivity index (χ1n) is 9.10. The first kappa shape index (κ1) is 19.3. The van der Waals surface area contributed by atoms with E-state index < -0.39 is 6.10 Å². The first-order chi connectivity index (χ1) is 13.5. The molecule has 2 heterocycles. The summed E-state index contributed by atoms with van der Waals surface area (Å²) in [5, 5.41) is 13.5. The molecule has 6 heteroatoms. The minimum absolute atomic E-state index is 0.0213. The number of aliphatic hydroxyl groups is 1. The van der Waals surface area contributed by atoms with Gasteiger partial charge in [-0.3, -0.25) is 4.79 Å². The molecular formula is C22H19BrFNO2S. The zero-order chi connectivity index (χ0) is 19.7. The number of hydrogen-bond acceptors (Lipinski definition) is 3. The van der Waals surface area contributed by atoms with Gasteiger partial charge in [0.05, 0.1) is 21.9 Å². The first-order valence-corrected chi connectivity index (χ1v) is 10.7. The van der Waals surface area contributed by atoms with E-state index in [1.165, 1.54) is 12.1 Å². The van der Waals surface area contributed by atoms with Gasteiger partial charge < -0.3 is 10.4 Å². The molecule has 1 aromatic heterocycles. The average Bonchev–Trinajstić information content (AvgIpc) is 3.11. The number of thiophene rings is 1. The summed E-state index contributed by atoms with van der Waals surface area (Å²) in [6, 6.07) is 17.8. The number of carbonyl (C=O) groups excluding carboxylic acids is 1. The number of amides is 1. The van der Waals surface area contributed by atoms with Crippen molar-refractivity contribution in [1.82, 2.24) is 5.32 Å². The van der Waals surface area contributed by atoms with E-state index in [0.717, 1.165) is 19.8 Å². The highest BCUT2D eigenvalue weighted by atomic mass is 79.9. The zero-order valence-electron chi connectivity index (χ0n) is 14.9. The molecule has 144 valence electrons. The summed E-state index contributed by atoms with van der Waals surface area (Å²) in [7, 11) is 0. The molecule has 1 amide bonds. The van der Waals surface area contributed by atoms with Gasteiger partial charge in [-0.25, -0.2) is 4.39 Å². The maximum absolute atomic E-state index is 13.1. The molecule has 28 heavy (non-hydrogen) atoms. The summed E-state index contributed by atoms with van der Waals surface area (Å²) in [6.45, 7) is 0. The molecule has 1 fully saturated rings. The van der Waals surface area contributed by atoms with Gasteiger partial charge in [-0.2, -0.15) is 0 Å². The lowest BCUT2D eigenvalue weighted by atomic mass is 9.80. The molecular weight excluding hydrogens is 441 g/mol. The van der Waals surface area contributed by atoms with Crippen molar-refractivity contribution in [2.24, 2.45) is 0 Å². The Morgan fingerprint density at radius 1 is 1.11 bits per heavy atom. The SMILES string of the molecule is O=C1N[C@H](c2ccc(Br)s2)[C@H]1c1ccccc1CC[C@H](O)c1ccc(F)cc1. The van der Waals surface area contributed by atoms with Crippen molar-refractivity contribution < 1.29 is 14.3 Å². The fourth-order valence-electron chi connectivity index (χ4n) is 3.64. The number of hydrogen-bond donors (Lipinski definition) is 2. The molecule has 2 aromatic carbocycles. The maximum atomic E-state index is 13.1. The molecule has 0 aliphatic carbocycles. The predicted octanol–water partition coefficient (Wildman–Crippen LogP) is 5.27. The quantitative estimate of drug-likeness (QED) is 0.493. The van der Waals surface area contributed by atoms with Crippen LogP contribution in [0.4, 0.5) is 4.39 Å². The molecule has 0 unspecified atom stereocenters. The summed E-state index contributed by atoms with van der Waals surface area (Å²) in [6.07, 6.45) is 0.471. The zero-order valence-corrected chi connectivity index (χ0v) is 17.3. The second kappa shape index (κ2) is 8.15. The van der Waals surface area contributed by atoms with Crippen LogP contribution in [0, 0.1) is 5.82 Å². The smallest absolute Gasteiger partial charge is 0.230 e. The van der Waals surface area contributed by atoms with E-state index in [1.807, 2.05) is 36.4 Å². The van der Waals surface area contributed by atoms with Crippen LogP contribution in [0.15, 0.2) is 64.5 Å². The molecule has 2 N–H and O–H groups in total. The predicted molar refractivity (Wildman–Crippen MR) is 112 cm³/mol. The molecule has 1 aliphatic rings. The molecule has 0 saturated carbocycles. The summed E-state index contributed by atoms with van der Waals surface area (Å²) in [4.78, 5) is 13.5. The third-order valence-electron chi connectivity index (χ3n) is 5.15. The second-order valence-corrected chi connectivity index (χ2v) is 9.41. The summed E-state index contributed by atoms with van der Waals surface area (Å²) >= 11 is 5.11. The van der Waals surface area contributed by atoms with Crippen LogP contribution in [-0.2, 0) is 11.2 Å². The Balaban J connectivity index is 1.52. The molecule has 0 spiro atoms. The number of aryl methyl sites for hydroxylation is 1. The van der Waals surface area contributed by atoms with Crippen LogP contribution in [0.25, 0.3) is 0 Å². The van der Waals surface area contributed by atoms with Crippen LogP contribution in [0.3, 0.4) is 0 Å². The number of nitrogens with one attached hydrogen (secondary N) is 1. The highest BCUT2D eigenvalue weighted by molar-refractivity contribution is 9.11. The Labute approximate surface area is 175 Å². The number of benzene rings is 2. The van der Waals surface area contributed by atoms with E-state index in [-0.39, 0.29) is 23.7 Å². The van der Waals surface area contributed by atoms with Crippen molar-refractivity contribution >= 4 is 33.2 Å². The van der Waals surface area contributed by atoms with Crippen LogP contribution in [0.5, 0.6) is 0 Å². The van der Waals surface area contributed by atoms with E-state index in [9.17, 15) is 14.3 Å². The molecule has 3 aromatic rings. The van der Waals surface area contributed by atoms with Crippen LogP contribution in [0.1, 0.15) is 46.1 Å². The van der Waals surface area contributed by atoms with Gasteiger partial charge in [0, 0.05) is 4.88 Å². The van der Waals surface area contributed by atoms with Gasteiger partial charge in [0.1, 0.15) is 5.82 Å². The lowest BCUT2D eigenvalue weighted by molar-refractivity contribution is -0.130. The van der Waals surface area contributed by atoms with Gasteiger partial charge in [0.2, 0.25) is 5.91 Å². The minimum Gasteiger partial charge on any atom is -0.388 e. The van der Waals surface area contributed by atoms with Crippen molar-refractivity contribution in [1.29, 1.82) is 0 Å². The number of halogens is 2. The van der Waals surface area contributed by atoms with Crippen LogP contribution < -0.4 is 5.32 Å². The van der Waals surface area contributed by atoms with Crippen molar-refractivity contribution in [3.8, 4) is 0 Å². The molecule has 1 aliphatic heterocycles. The second-order valence-electron chi connectivity index (χ2n) is 6.91. The Kier molecular flexibility index (Phi) is 5.62. The van der Waals surface area contributed by atoms with E-state index >= 15 is 0 Å². The molecule has 3 nitrogen and oxygen atoms in total. The van der Waals surface area contributed by atoms with E-state index in [2.05, 4.69) is 21.2 Å². The third-order valence-corrected chi connectivity index (χ3v) is 6.85. The Morgan fingerprint density at radius 2 is 1.86 bits per heavy atom. The van der Waals surface area contributed by atoms with Crippen LogP contribution in [-0.4, -0.2) is 11.0 Å². The van der Waals surface area contributed by atoms with Crippen molar-refractivity contribution in [3.63, 3.8) is 0 Å². The largest absolute Gasteiger partial charge is 0.388 e. The molecule has 3 atom stereocenters. The maximum Gasteiger partial charge on any atom is 0.230 e.